The van der Waals surface area contributed by atoms with Gasteiger partial charge in [0.25, 0.3) is 0 Å². The second kappa shape index (κ2) is 8.59. The van der Waals surface area contributed by atoms with Crippen molar-refractivity contribution in [1.29, 1.82) is 0 Å². The molecule has 2 fully saturated rings. The van der Waals surface area contributed by atoms with Crippen molar-refractivity contribution >= 4 is 5.78 Å². The molecule has 2 aliphatic carbocycles. The van der Waals surface area contributed by atoms with E-state index in [4.69, 9.17) is 0 Å². The van der Waals surface area contributed by atoms with Gasteiger partial charge >= 0.3 is 0 Å². The Morgan fingerprint density at radius 3 is 1.43 bits per heavy atom. The van der Waals surface area contributed by atoms with Crippen LogP contribution in [-0.2, 0) is 24.3 Å². The summed E-state index contributed by atoms with van der Waals surface area (Å²) in [4.78, 5) is 10.6. The van der Waals surface area contributed by atoms with E-state index < -0.39 is 0 Å². The van der Waals surface area contributed by atoms with Gasteiger partial charge in [-0.1, -0.05) is 44.9 Å². The molecule has 14 heavy (non-hydrogen) atoms. The number of Topliss-reactive ketones (excluding diaryl/α,β-unsaturated/α-hetero) is 1. The van der Waals surface area contributed by atoms with Gasteiger partial charge in [0.2, 0.25) is 0 Å². The number of carbonyl (C=O) groups excluding carboxylic acids is 1. The molecule has 0 radical (unpaired) electrons. The first kappa shape index (κ1) is 14.3. The fourth-order valence-corrected chi connectivity index (χ4v) is 2.22. The maximum Gasteiger partial charge on any atom is 0.132 e. The summed E-state index contributed by atoms with van der Waals surface area (Å²) in [5.41, 5.74) is 0. The predicted molar refractivity (Wildman–Crippen MR) is 55.7 cm³/mol. The molecule has 0 saturated heterocycles. The molecule has 0 atom stereocenters. The Kier molecular flexibility index (Phi) is 8.77. The molecule has 84 valence electrons. The smallest absolute Gasteiger partial charge is 0.132 e. The molecule has 0 N–H and O–H groups in total. The van der Waals surface area contributed by atoms with Gasteiger partial charge in [0.15, 0.2) is 0 Å². The van der Waals surface area contributed by atoms with Crippen LogP contribution in [0.2, 0.25) is 0 Å². The van der Waals surface area contributed by atoms with Crippen LogP contribution in [0, 0.1) is 5.92 Å². The maximum absolute atomic E-state index is 10.6. The van der Waals surface area contributed by atoms with E-state index in [0.717, 1.165) is 12.8 Å². The van der Waals surface area contributed by atoms with E-state index in [1.807, 2.05) is 0 Å². The van der Waals surface area contributed by atoms with Gasteiger partial charge in [0.05, 0.1) is 0 Å². The van der Waals surface area contributed by atoms with Crippen LogP contribution in [0.5, 0.6) is 0 Å². The Morgan fingerprint density at radius 1 is 0.857 bits per heavy atom. The zero-order chi connectivity index (χ0) is 9.52. The van der Waals surface area contributed by atoms with Crippen molar-refractivity contribution in [3.63, 3.8) is 0 Å². The molecular formula is C12H22ORu. The second-order valence-electron chi connectivity index (χ2n) is 4.36. The first-order valence-electron chi connectivity index (χ1n) is 5.81. The third-order valence-corrected chi connectivity index (χ3v) is 3.18. The van der Waals surface area contributed by atoms with E-state index in [2.05, 4.69) is 0 Å². The molecule has 1 nitrogen and oxygen atoms in total. The Balaban J connectivity index is 0.000000246. The van der Waals surface area contributed by atoms with Crippen LogP contribution in [0.15, 0.2) is 0 Å². The monoisotopic (exact) mass is 284 g/mol. The van der Waals surface area contributed by atoms with Crippen LogP contribution >= 0.6 is 0 Å². The Labute approximate surface area is 101 Å². The molecule has 0 bridgehead atoms. The Morgan fingerprint density at radius 2 is 1.21 bits per heavy atom. The fourth-order valence-electron chi connectivity index (χ4n) is 2.22. The Hall–Kier alpha value is 0.293. The molecule has 0 aliphatic heterocycles. The van der Waals surface area contributed by atoms with E-state index >= 15 is 0 Å². The molecule has 0 amide bonds. The predicted octanol–water partition coefficient (Wildman–Crippen LogP) is 3.71. The zero-order valence-electron chi connectivity index (χ0n) is 9.20. The summed E-state index contributed by atoms with van der Waals surface area (Å²) in [7, 11) is 0. The average molecular weight is 283 g/mol. The van der Waals surface area contributed by atoms with Gasteiger partial charge < -0.3 is 0 Å². The number of rotatable bonds is 1. The molecule has 0 aromatic carbocycles. The van der Waals surface area contributed by atoms with Gasteiger partial charge in [-0.05, 0) is 19.8 Å². The van der Waals surface area contributed by atoms with E-state index in [1.165, 1.54) is 44.9 Å². The third-order valence-electron chi connectivity index (χ3n) is 3.18. The molecule has 0 unspecified atom stereocenters. The molecule has 2 rings (SSSR count). The van der Waals surface area contributed by atoms with Gasteiger partial charge in [0.1, 0.15) is 5.78 Å². The van der Waals surface area contributed by atoms with Crippen LogP contribution in [0.4, 0.5) is 0 Å². The van der Waals surface area contributed by atoms with Crippen LogP contribution in [0.1, 0.15) is 64.7 Å². The molecule has 0 aromatic rings. The summed E-state index contributed by atoms with van der Waals surface area (Å²) in [6.45, 7) is 1.70. The SMILES string of the molecule is C1CCCC1.CC(=O)C1CCCC1.[Ru]. The minimum atomic E-state index is 0. The minimum Gasteiger partial charge on any atom is -0.300 e. The number of carbonyl (C=O) groups is 1. The van der Waals surface area contributed by atoms with E-state index in [-0.39, 0.29) is 19.5 Å². The molecule has 2 heteroatoms. The van der Waals surface area contributed by atoms with Crippen LogP contribution in [0.25, 0.3) is 0 Å². The topological polar surface area (TPSA) is 17.1 Å². The van der Waals surface area contributed by atoms with Gasteiger partial charge in [-0.2, -0.15) is 0 Å². The quantitative estimate of drug-likeness (QED) is 0.670. The molecular weight excluding hydrogens is 261 g/mol. The normalized spacial score (nSPS) is 20.9. The number of ketones is 1. The van der Waals surface area contributed by atoms with Crippen molar-refractivity contribution in [2.24, 2.45) is 5.92 Å². The first-order valence-corrected chi connectivity index (χ1v) is 5.81. The van der Waals surface area contributed by atoms with Crippen molar-refractivity contribution < 1.29 is 24.3 Å². The van der Waals surface area contributed by atoms with E-state index in [9.17, 15) is 4.79 Å². The van der Waals surface area contributed by atoms with Crippen molar-refractivity contribution in [3.8, 4) is 0 Å². The van der Waals surface area contributed by atoms with Crippen molar-refractivity contribution in [1.82, 2.24) is 0 Å². The molecule has 0 heterocycles. The second-order valence-corrected chi connectivity index (χ2v) is 4.36. The van der Waals surface area contributed by atoms with Gasteiger partial charge in [-0.25, -0.2) is 0 Å². The summed E-state index contributed by atoms with van der Waals surface area (Å²) in [5.74, 6) is 0.817. The first-order chi connectivity index (χ1) is 6.30. The van der Waals surface area contributed by atoms with Gasteiger partial charge in [-0.15, -0.1) is 0 Å². The van der Waals surface area contributed by atoms with Gasteiger partial charge in [0, 0.05) is 25.4 Å². The molecule has 2 saturated carbocycles. The largest absolute Gasteiger partial charge is 0.300 e. The van der Waals surface area contributed by atoms with Crippen molar-refractivity contribution in [3.05, 3.63) is 0 Å². The van der Waals surface area contributed by atoms with Crippen LogP contribution < -0.4 is 0 Å². The molecule has 0 aromatic heterocycles. The van der Waals surface area contributed by atoms with Crippen molar-refractivity contribution in [2.45, 2.75) is 64.7 Å². The van der Waals surface area contributed by atoms with Crippen LogP contribution in [0.3, 0.4) is 0 Å². The van der Waals surface area contributed by atoms with Crippen LogP contribution in [-0.4, -0.2) is 5.78 Å². The Bertz CT molecular complexity index is 139. The fraction of sp³-hybridized carbons (Fsp3) is 0.917. The van der Waals surface area contributed by atoms with E-state index in [1.54, 1.807) is 6.92 Å². The summed E-state index contributed by atoms with van der Waals surface area (Å²) in [6, 6.07) is 0. The number of hydrogen-bond acceptors (Lipinski definition) is 1. The zero-order valence-corrected chi connectivity index (χ0v) is 10.9. The summed E-state index contributed by atoms with van der Waals surface area (Å²) >= 11 is 0. The maximum atomic E-state index is 10.6. The minimum absolute atomic E-state index is 0. The summed E-state index contributed by atoms with van der Waals surface area (Å²) in [6.07, 6.45) is 12.3. The molecule has 0 spiro atoms. The average Bonchev–Trinajstić information content (AvgIpc) is 2.82. The standard InChI is InChI=1S/C7H12O.C5H10.Ru/c1-6(8)7-4-2-3-5-7;1-2-4-5-3-1;/h7H,2-5H2,1H3;1-5H2;. The van der Waals surface area contributed by atoms with Gasteiger partial charge in [-0.3, -0.25) is 4.79 Å². The van der Waals surface area contributed by atoms with E-state index in [0.29, 0.717) is 11.7 Å². The summed E-state index contributed by atoms with van der Waals surface area (Å²) < 4.78 is 0. The number of hydrogen-bond donors (Lipinski definition) is 0. The van der Waals surface area contributed by atoms with Crippen molar-refractivity contribution in [2.75, 3.05) is 0 Å². The molecule has 2 aliphatic rings. The third kappa shape index (κ3) is 5.91. The summed E-state index contributed by atoms with van der Waals surface area (Å²) in [5, 5.41) is 0.